The smallest absolute Gasteiger partial charge is 0.141 e. The van der Waals surface area contributed by atoms with Crippen molar-refractivity contribution in [3.63, 3.8) is 0 Å². The fourth-order valence-electron chi connectivity index (χ4n) is 3.36. The van der Waals surface area contributed by atoms with Gasteiger partial charge in [-0.25, -0.2) is 9.97 Å². The lowest BCUT2D eigenvalue weighted by atomic mass is 10.1. The Morgan fingerprint density at radius 1 is 1.04 bits per heavy atom. The summed E-state index contributed by atoms with van der Waals surface area (Å²) in [6.45, 7) is 9.18. The van der Waals surface area contributed by atoms with E-state index in [1.54, 1.807) is 12.1 Å². The molecule has 0 bridgehead atoms. The predicted octanol–water partition coefficient (Wildman–Crippen LogP) is 3.36. The summed E-state index contributed by atoms with van der Waals surface area (Å²) in [5.41, 5.74) is 1.61. The van der Waals surface area contributed by atoms with E-state index in [-0.39, 0.29) is 5.75 Å². The highest BCUT2D eigenvalue weighted by atomic mass is 16.3. The molecule has 1 aliphatic heterocycles. The summed E-state index contributed by atoms with van der Waals surface area (Å²) < 4.78 is 0. The highest BCUT2D eigenvalue weighted by Gasteiger charge is 2.17. The lowest BCUT2D eigenvalue weighted by molar-refractivity contribution is 0.251. The number of hydrogen-bond acceptors (Lipinski definition) is 5. The van der Waals surface area contributed by atoms with Gasteiger partial charge in [-0.2, -0.15) is 0 Å². The highest BCUT2D eigenvalue weighted by Crippen LogP contribution is 2.17. The Balaban J connectivity index is 1.32. The molecule has 0 atom stereocenters. The minimum atomic E-state index is 0.202. The number of anilines is 1. The molecule has 138 valence electrons. The summed E-state index contributed by atoms with van der Waals surface area (Å²) >= 11 is 0. The van der Waals surface area contributed by atoms with Crippen LogP contribution in [0.3, 0.4) is 0 Å². The van der Waals surface area contributed by atoms with Gasteiger partial charge in [-0.05, 0) is 56.1 Å². The standard InChI is InChI=1S/C21H28N4O/c1-2-19-20(26)11-10-18(23-19)8-4-3-7-13-24-14-16-25(17-15-24)21-9-5-6-12-22-21/h2,5-6,9-12,26H,1,3-4,7-8,13-17H2. The van der Waals surface area contributed by atoms with Gasteiger partial charge in [0.1, 0.15) is 17.3 Å². The van der Waals surface area contributed by atoms with Crippen molar-refractivity contribution >= 4 is 11.9 Å². The maximum absolute atomic E-state index is 9.63. The molecule has 3 rings (SSSR count). The Labute approximate surface area is 156 Å². The van der Waals surface area contributed by atoms with Crippen LogP contribution in [0.4, 0.5) is 5.82 Å². The molecule has 3 heterocycles. The van der Waals surface area contributed by atoms with E-state index >= 15 is 0 Å². The van der Waals surface area contributed by atoms with E-state index in [9.17, 15) is 5.11 Å². The number of rotatable bonds is 8. The highest BCUT2D eigenvalue weighted by molar-refractivity contribution is 5.50. The number of aromatic hydroxyl groups is 1. The number of hydrogen-bond donors (Lipinski definition) is 1. The molecule has 0 spiro atoms. The van der Waals surface area contributed by atoms with Gasteiger partial charge in [0.15, 0.2) is 0 Å². The zero-order chi connectivity index (χ0) is 18.2. The van der Waals surface area contributed by atoms with Gasteiger partial charge in [0.05, 0.1) is 0 Å². The summed E-state index contributed by atoms with van der Waals surface area (Å²) in [6, 6.07) is 9.71. The third kappa shape index (κ3) is 5.05. The first-order chi connectivity index (χ1) is 12.8. The fraction of sp³-hybridized carbons (Fsp3) is 0.429. The van der Waals surface area contributed by atoms with Crippen LogP contribution in [-0.2, 0) is 6.42 Å². The number of nitrogens with zero attached hydrogens (tertiary/aromatic N) is 4. The number of unbranched alkanes of at least 4 members (excludes halogenated alkanes) is 2. The lowest BCUT2D eigenvalue weighted by Crippen LogP contribution is -2.46. The van der Waals surface area contributed by atoms with Crippen LogP contribution < -0.4 is 4.90 Å². The molecule has 0 radical (unpaired) electrons. The third-order valence-corrected chi connectivity index (χ3v) is 4.91. The Morgan fingerprint density at radius 2 is 1.88 bits per heavy atom. The fourth-order valence-corrected chi connectivity index (χ4v) is 3.36. The van der Waals surface area contributed by atoms with E-state index in [0.717, 1.165) is 57.1 Å². The summed E-state index contributed by atoms with van der Waals surface area (Å²) in [4.78, 5) is 13.8. The van der Waals surface area contributed by atoms with Crippen LogP contribution >= 0.6 is 0 Å². The van der Waals surface area contributed by atoms with Crippen LogP contribution in [0.5, 0.6) is 5.75 Å². The Kier molecular flexibility index (Phi) is 6.61. The van der Waals surface area contributed by atoms with E-state index in [1.807, 2.05) is 18.3 Å². The SMILES string of the molecule is C=Cc1nc(CCCCCN2CCN(c3ccccn3)CC2)ccc1O. The molecule has 2 aromatic rings. The second-order valence-corrected chi connectivity index (χ2v) is 6.74. The van der Waals surface area contributed by atoms with Gasteiger partial charge in [-0.1, -0.05) is 19.1 Å². The summed E-state index contributed by atoms with van der Waals surface area (Å²) in [5, 5.41) is 9.63. The van der Waals surface area contributed by atoms with Crippen molar-refractivity contribution in [1.29, 1.82) is 0 Å². The molecule has 5 heteroatoms. The average molecular weight is 352 g/mol. The quantitative estimate of drug-likeness (QED) is 0.738. The zero-order valence-electron chi connectivity index (χ0n) is 15.3. The minimum Gasteiger partial charge on any atom is -0.506 e. The molecule has 0 amide bonds. The van der Waals surface area contributed by atoms with Crippen molar-refractivity contribution in [2.45, 2.75) is 25.7 Å². The van der Waals surface area contributed by atoms with Crippen molar-refractivity contribution in [3.05, 3.63) is 54.5 Å². The van der Waals surface area contributed by atoms with Crippen molar-refractivity contribution < 1.29 is 5.11 Å². The normalized spacial score (nSPS) is 15.2. The van der Waals surface area contributed by atoms with Crippen molar-refractivity contribution in [2.24, 2.45) is 0 Å². The number of aromatic nitrogens is 2. The summed E-state index contributed by atoms with van der Waals surface area (Å²) in [5.74, 6) is 1.29. The van der Waals surface area contributed by atoms with Crippen molar-refractivity contribution in [2.75, 3.05) is 37.6 Å². The number of piperazine rings is 1. The maximum Gasteiger partial charge on any atom is 0.141 e. The molecule has 0 aliphatic carbocycles. The van der Waals surface area contributed by atoms with E-state index in [0.29, 0.717) is 5.69 Å². The largest absolute Gasteiger partial charge is 0.506 e. The van der Waals surface area contributed by atoms with Gasteiger partial charge >= 0.3 is 0 Å². The number of pyridine rings is 2. The molecular formula is C21H28N4O. The van der Waals surface area contributed by atoms with Crippen LogP contribution in [0.2, 0.25) is 0 Å². The van der Waals surface area contributed by atoms with Crippen LogP contribution in [0.15, 0.2) is 43.1 Å². The Hall–Kier alpha value is -2.40. The molecule has 0 saturated carbocycles. The van der Waals surface area contributed by atoms with E-state index in [1.165, 1.54) is 12.8 Å². The topological polar surface area (TPSA) is 52.5 Å². The molecule has 5 nitrogen and oxygen atoms in total. The van der Waals surface area contributed by atoms with Crippen LogP contribution in [-0.4, -0.2) is 52.7 Å². The monoisotopic (exact) mass is 352 g/mol. The molecular weight excluding hydrogens is 324 g/mol. The van der Waals surface area contributed by atoms with Crippen LogP contribution in [0.1, 0.15) is 30.7 Å². The summed E-state index contributed by atoms with van der Waals surface area (Å²) in [7, 11) is 0. The molecule has 0 unspecified atom stereocenters. The Morgan fingerprint density at radius 3 is 2.62 bits per heavy atom. The maximum atomic E-state index is 9.63. The first-order valence-electron chi connectivity index (χ1n) is 9.46. The van der Waals surface area contributed by atoms with Gasteiger partial charge in [-0.3, -0.25) is 4.90 Å². The molecule has 2 aromatic heterocycles. The first-order valence-corrected chi connectivity index (χ1v) is 9.46. The van der Waals surface area contributed by atoms with Crippen molar-refractivity contribution in [3.8, 4) is 5.75 Å². The second-order valence-electron chi connectivity index (χ2n) is 6.74. The lowest BCUT2D eigenvalue weighted by Gasteiger charge is -2.35. The Bertz CT molecular complexity index is 696. The average Bonchev–Trinajstić information content (AvgIpc) is 2.70. The van der Waals surface area contributed by atoms with Crippen LogP contribution in [0.25, 0.3) is 6.08 Å². The third-order valence-electron chi connectivity index (χ3n) is 4.91. The van der Waals surface area contributed by atoms with E-state index < -0.39 is 0 Å². The van der Waals surface area contributed by atoms with Crippen LogP contribution in [0, 0.1) is 0 Å². The zero-order valence-corrected chi connectivity index (χ0v) is 15.3. The van der Waals surface area contributed by atoms with E-state index in [2.05, 4.69) is 38.5 Å². The first kappa shape index (κ1) is 18.4. The number of aryl methyl sites for hydroxylation is 1. The van der Waals surface area contributed by atoms with Crippen molar-refractivity contribution in [1.82, 2.24) is 14.9 Å². The van der Waals surface area contributed by atoms with E-state index in [4.69, 9.17) is 0 Å². The molecule has 26 heavy (non-hydrogen) atoms. The van der Waals surface area contributed by atoms with Gasteiger partial charge < -0.3 is 10.0 Å². The van der Waals surface area contributed by atoms with Gasteiger partial charge in [0.25, 0.3) is 0 Å². The van der Waals surface area contributed by atoms with Gasteiger partial charge in [-0.15, -0.1) is 0 Å². The molecule has 1 saturated heterocycles. The van der Waals surface area contributed by atoms with Gasteiger partial charge in [0.2, 0.25) is 0 Å². The predicted molar refractivity (Wildman–Crippen MR) is 106 cm³/mol. The molecule has 1 aliphatic rings. The molecule has 1 N–H and O–H groups in total. The molecule has 0 aromatic carbocycles. The van der Waals surface area contributed by atoms with Gasteiger partial charge in [0, 0.05) is 38.1 Å². The minimum absolute atomic E-state index is 0.202. The second kappa shape index (κ2) is 9.34. The summed E-state index contributed by atoms with van der Waals surface area (Å²) in [6.07, 6.45) is 7.96. The molecule has 1 fully saturated rings.